The Morgan fingerprint density at radius 3 is 2.83 bits per heavy atom. The molecule has 0 saturated carbocycles. The minimum absolute atomic E-state index is 0.0532. The lowest BCUT2D eigenvalue weighted by Gasteiger charge is -2.12. The minimum atomic E-state index is -0.862. The van der Waals surface area contributed by atoms with Crippen molar-refractivity contribution in [3.63, 3.8) is 0 Å². The molecule has 2 atom stereocenters. The van der Waals surface area contributed by atoms with Crippen molar-refractivity contribution in [1.29, 1.82) is 0 Å². The van der Waals surface area contributed by atoms with Crippen LogP contribution in [0.2, 0.25) is 5.28 Å². The summed E-state index contributed by atoms with van der Waals surface area (Å²) in [5, 5.41) is 4.36. The summed E-state index contributed by atoms with van der Waals surface area (Å²) in [6.45, 7) is 2.51. The Kier molecular flexibility index (Phi) is 4.14. The van der Waals surface area contributed by atoms with Gasteiger partial charge in [-0.15, -0.1) is 0 Å². The molecule has 0 aliphatic carbocycles. The van der Waals surface area contributed by atoms with Crippen molar-refractivity contribution in [1.82, 2.24) is 9.97 Å². The van der Waals surface area contributed by atoms with E-state index in [1.54, 1.807) is 6.26 Å². The Labute approximate surface area is 113 Å². The first-order chi connectivity index (χ1) is 8.58. The second-order valence-corrected chi connectivity index (χ2v) is 6.19. The van der Waals surface area contributed by atoms with Gasteiger partial charge in [0.25, 0.3) is 0 Å². The molecular weight excluding hydrogens is 270 g/mol. The number of para-hydroxylation sites is 1. The van der Waals surface area contributed by atoms with E-state index in [9.17, 15) is 4.21 Å². The fourth-order valence-corrected chi connectivity index (χ4v) is 2.03. The molecule has 2 aromatic rings. The highest BCUT2D eigenvalue weighted by atomic mass is 35.5. The van der Waals surface area contributed by atoms with Gasteiger partial charge in [-0.1, -0.05) is 12.1 Å². The molecule has 1 aromatic heterocycles. The minimum Gasteiger partial charge on any atom is -0.368 e. The fourth-order valence-electron chi connectivity index (χ4n) is 1.54. The summed E-state index contributed by atoms with van der Waals surface area (Å²) < 4.78 is 11.3. The maximum absolute atomic E-state index is 11.3. The molecule has 18 heavy (non-hydrogen) atoms. The van der Waals surface area contributed by atoms with Crippen molar-refractivity contribution in [2.45, 2.75) is 12.2 Å². The first kappa shape index (κ1) is 13.2. The largest absolute Gasteiger partial charge is 0.368 e. The number of rotatable bonds is 4. The molecule has 2 rings (SSSR count). The van der Waals surface area contributed by atoms with Crippen LogP contribution in [0, 0.1) is 0 Å². The molecule has 1 aromatic carbocycles. The molecule has 0 amide bonds. The smallest absolute Gasteiger partial charge is 0.224 e. The van der Waals surface area contributed by atoms with E-state index in [0.717, 1.165) is 10.9 Å². The van der Waals surface area contributed by atoms with Gasteiger partial charge in [0.1, 0.15) is 5.82 Å². The zero-order valence-corrected chi connectivity index (χ0v) is 11.8. The third-order valence-corrected chi connectivity index (χ3v) is 4.17. The molecule has 0 fully saturated rings. The van der Waals surface area contributed by atoms with Gasteiger partial charge in [-0.05, 0) is 30.7 Å². The van der Waals surface area contributed by atoms with Crippen LogP contribution >= 0.6 is 11.6 Å². The number of hydrogen-bond acceptors (Lipinski definition) is 4. The molecule has 2 unspecified atom stereocenters. The zero-order chi connectivity index (χ0) is 13.1. The standard InChI is InChI=1S/C12H14ClN3OS/c1-8(18(2)17)7-14-11-9-5-3-4-6-10(9)15-12(13)16-11/h3-6,8H,7H2,1-2H3,(H,14,15,16). The number of fused-ring (bicyclic) bond motifs is 1. The van der Waals surface area contributed by atoms with Gasteiger partial charge in [-0.3, -0.25) is 4.21 Å². The monoisotopic (exact) mass is 283 g/mol. The van der Waals surface area contributed by atoms with Crippen LogP contribution in [0.4, 0.5) is 5.82 Å². The number of nitrogens with one attached hydrogen (secondary N) is 1. The maximum atomic E-state index is 11.3. The Hall–Kier alpha value is -1.20. The van der Waals surface area contributed by atoms with Crippen LogP contribution in [0.1, 0.15) is 6.92 Å². The second kappa shape index (κ2) is 5.63. The highest BCUT2D eigenvalue weighted by molar-refractivity contribution is 7.84. The molecular formula is C12H14ClN3OS. The van der Waals surface area contributed by atoms with Crippen molar-refractivity contribution in [3.05, 3.63) is 29.5 Å². The average Bonchev–Trinajstić information content (AvgIpc) is 2.35. The zero-order valence-electron chi connectivity index (χ0n) is 10.2. The van der Waals surface area contributed by atoms with Gasteiger partial charge in [0, 0.05) is 34.2 Å². The predicted molar refractivity (Wildman–Crippen MR) is 76.6 cm³/mol. The van der Waals surface area contributed by atoms with Gasteiger partial charge in [0.2, 0.25) is 5.28 Å². The first-order valence-corrected chi connectivity index (χ1v) is 7.56. The number of benzene rings is 1. The van der Waals surface area contributed by atoms with Gasteiger partial charge in [0.05, 0.1) is 5.52 Å². The average molecular weight is 284 g/mol. The Bertz CT molecular complexity index is 591. The molecule has 6 heteroatoms. The van der Waals surface area contributed by atoms with Crippen LogP contribution in [0.3, 0.4) is 0 Å². The van der Waals surface area contributed by atoms with Crippen molar-refractivity contribution < 1.29 is 4.21 Å². The highest BCUT2D eigenvalue weighted by Crippen LogP contribution is 2.21. The molecule has 1 heterocycles. The normalized spacial score (nSPS) is 14.4. The lowest BCUT2D eigenvalue weighted by Crippen LogP contribution is -2.21. The fraction of sp³-hybridized carbons (Fsp3) is 0.333. The Balaban J connectivity index is 2.29. The molecule has 1 N–H and O–H groups in total. The Morgan fingerprint density at radius 1 is 1.39 bits per heavy atom. The third-order valence-electron chi connectivity index (χ3n) is 2.70. The van der Waals surface area contributed by atoms with Gasteiger partial charge in [0.15, 0.2) is 0 Å². The summed E-state index contributed by atoms with van der Waals surface area (Å²) in [5.74, 6) is 0.683. The summed E-state index contributed by atoms with van der Waals surface area (Å²) in [6, 6.07) is 7.64. The van der Waals surface area contributed by atoms with E-state index in [1.165, 1.54) is 0 Å². The van der Waals surface area contributed by atoms with E-state index < -0.39 is 10.8 Å². The van der Waals surface area contributed by atoms with Crippen LogP contribution < -0.4 is 5.32 Å². The quantitative estimate of drug-likeness (QED) is 0.876. The van der Waals surface area contributed by atoms with E-state index in [2.05, 4.69) is 15.3 Å². The van der Waals surface area contributed by atoms with Crippen molar-refractivity contribution in [2.24, 2.45) is 0 Å². The van der Waals surface area contributed by atoms with Gasteiger partial charge >= 0.3 is 0 Å². The van der Waals surface area contributed by atoms with Gasteiger partial charge in [-0.2, -0.15) is 0 Å². The van der Waals surface area contributed by atoms with E-state index in [-0.39, 0.29) is 10.5 Å². The lowest BCUT2D eigenvalue weighted by atomic mass is 10.2. The van der Waals surface area contributed by atoms with Gasteiger partial charge in [-0.25, -0.2) is 9.97 Å². The van der Waals surface area contributed by atoms with E-state index in [0.29, 0.717) is 12.4 Å². The van der Waals surface area contributed by atoms with Crippen LogP contribution in [0.25, 0.3) is 10.9 Å². The molecule has 0 radical (unpaired) electrons. The van der Waals surface area contributed by atoms with E-state index >= 15 is 0 Å². The molecule has 96 valence electrons. The van der Waals surface area contributed by atoms with Crippen molar-refractivity contribution in [3.8, 4) is 0 Å². The molecule has 0 spiro atoms. The Morgan fingerprint density at radius 2 is 2.11 bits per heavy atom. The number of nitrogens with zero attached hydrogens (tertiary/aromatic N) is 2. The number of anilines is 1. The molecule has 4 nitrogen and oxygen atoms in total. The number of halogens is 1. The van der Waals surface area contributed by atoms with Gasteiger partial charge < -0.3 is 5.32 Å². The first-order valence-electron chi connectivity index (χ1n) is 5.56. The maximum Gasteiger partial charge on any atom is 0.224 e. The lowest BCUT2D eigenvalue weighted by molar-refractivity contribution is 0.679. The van der Waals surface area contributed by atoms with Crippen LogP contribution in [-0.2, 0) is 10.8 Å². The van der Waals surface area contributed by atoms with Crippen molar-refractivity contribution in [2.75, 3.05) is 18.1 Å². The van der Waals surface area contributed by atoms with Crippen LogP contribution in [0.5, 0.6) is 0 Å². The van der Waals surface area contributed by atoms with Crippen LogP contribution in [0.15, 0.2) is 24.3 Å². The molecule has 0 aliphatic rings. The number of hydrogen-bond donors (Lipinski definition) is 1. The molecule has 0 aliphatic heterocycles. The molecule has 0 saturated heterocycles. The summed E-state index contributed by atoms with van der Waals surface area (Å²) in [5.41, 5.74) is 0.797. The summed E-state index contributed by atoms with van der Waals surface area (Å²) >= 11 is 5.88. The van der Waals surface area contributed by atoms with E-state index in [4.69, 9.17) is 11.6 Å². The highest BCUT2D eigenvalue weighted by Gasteiger charge is 2.09. The second-order valence-electron chi connectivity index (χ2n) is 4.05. The molecule has 0 bridgehead atoms. The topological polar surface area (TPSA) is 54.9 Å². The van der Waals surface area contributed by atoms with E-state index in [1.807, 2.05) is 31.2 Å². The summed E-state index contributed by atoms with van der Waals surface area (Å²) in [4.78, 5) is 8.33. The summed E-state index contributed by atoms with van der Waals surface area (Å²) in [7, 11) is -0.862. The SMILES string of the molecule is CC(CNc1nc(Cl)nc2ccccc12)S(C)=O. The van der Waals surface area contributed by atoms with Crippen molar-refractivity contribution >= 4 is 39.1 Å². The summed E-state index contributed by atoms with van der Waals surface area (Å²) in [6.07, 6.45) is 1.69. The number of aromatic nitrogens is 2. The predicted octanol–water partition coefficient (Wildman–Crippen LogP) is 2.46. The van der Waals surface area contributed by atoms with Crippen LogP contribution in [-0.4, -0.2) is 32.2 Å². The third kappa shape index (κ3) is 2.97.